The van der Waals surface area contributed by atoms with Crippen LogP contribution in [-0.2, 0) is 6.42 Å². The highest BCUT2D eigenvalue weighted by Crippen LogP contribution is 2.26. The summed E-state index contributed by atoms with van der Waals surface area (Å²) in [4.78, 5) is 4.19. The summed E-state index contributed by atoms with van der Waals surface area (Å²) >= 11 is 3.45. The van der Waals surface area contributed by atoms with E-state index in [0.717, 1.165) is 16.8 Å². The van der Waals surface area contributed by atoms with Crippen LogP contribution in [0.1, 0.15) is 31.2 Å². The minimum absolute atomic E-state index is 0.420. The van der Waals surface area contributed by atoms with Crippen LogP contribution in [0, 0.1) is 5.92 Å². The largest absolute Gasteiger partial charge is 0.328 e. The zero-order valence-electron chi connectivity index (χ0n) is 8.82. The molecule has 0 amide bonds. The molecular weight excluding hydrogens is 252 g/mol. The summed E-state index contributed by atoms with van der Waals surface area (Å²) < 4.78 is 1.07. The Morgan fingerprint density at radius 1 is 1.40 bits per heavy atom. The fraction of sp³-hybridized carbons (Fsp3) is 0.583. The summed E-state index contributed by atoms with van der Waals surface area (Å²) in [5.41, 5.74) is 7.31. The van der Waals surface area contributed by atoms with Crippen LogP contribution in [0.2, 0.25) is 0 Å². The third-order valence-electron chi connectivity index (χ3n) is 3.11. The first kappa shape index (κ1) is 11.1. The minimum atomic E-state index is 0.420. The number of rotatable bonds is 2. The minimum Gasteiger partial charge on any atom is -0.328 e. The third kappa shape index (κ3) is 3.28. The average molecular weight is 269 g/mol. The molecule has 1 fully saturated rings. The molecular formula is C12H17BrN2. The number of hydrogen-bond acceptors (Lipinski definition) is 2. The first-order chi connectivity index (χ1) is 7.24. The molecule has 1 aliphatic carbocycles. The zero-order valence-corrected chi connectivity index (χ0v) is 10.4. The van der Waals surface area contributed by atoms with E-state index in [4.69, 9.17) is 5.73 Å². The molecule has 1 aromatic rings. The van der Waals surface area contributed by atoms with Gasteiger partial charge >= 0.3 is 0 Å². The van der Waals surface area contributed by atoms with Crippen molar-refractivity contribution < 1.29 is 0 Å². The van der Waals surface area contributed by atoms with Crippen LogP contribution in [0.25, 0.3) is 0 Å². The van der Waals surface area contributed by atoms with Crippen molar-refractivity contribution in [2.45, 2.75) is 38.1 Å². The lowest BCUT2D eigenvalue weighted by Gasteiger charge is -2.26. The van der Waals surface area contributed by atoms with E-state index >= 15 is 0 Å². The number of aromatic nitrogens is 1. The van der Waals surface area contributed by atoms with E-state index in [1.54, 1.807) is 0 Å². The van der Waals surface area contributed by atoms with Gasteiger partial charge in [-0.2, -0.15) is 0 Å². The summed E-state index contributed by atoms with van der Waals surface area (Å²) in [5, 5.41) is 0. The lowest BCUT2D eigenvalue weighted by molar-refractivity contribution is 0.320. The molecule has 1 saturated carbocycles. The Kier molecular flexibility index (Phi) is 3.76. The van der Waals surface area contributed by atoms with Crippen molar-refractivity contribution >= 4 is 15.9 Å². The first-order valence-electron chi connectivity index (χ1n) is 5.59. The molecule has 0 radical (unpaired) electrons. The van der Waals surface area contributed by atoms with Gasteiger partial charge in [-0.05, 0) is 52.7 Å². The second kappa shape index (κ2) is 5.08. The van der Waals surface area contributed by atoms with E-state index in [-0.39, 0.29) is 0 Å². The summed E-state index contributed by atoms with van der Waals surface area (Å²) in [6.07, 6.45) is 9.90. The smallest absolute Gasteiger partial charge is 0.0410 e. The second-order valence-electron chi connectivity index (χ2n) is 4.51. The molecule has 2 N–H and O–H groups in total. The van der Waals surface area contributed by atoms with Crippen molar-refractivity contribution in [3.05, 3.63) is 28.5 Å². The maximum atomic E-state index is 5.98. The van der Waals surface area contributed by atoms with Crippen LogP contribution in [0.5, 0.6) is 0 Å². The molecule has 1 aromatic heterocycles. The fourth-order valence-corrected chi connectivity index (χ4v) is 2.83. The van der Waals surface area contributed by atoms with Crippen LogP contribution in [-0.4, -0.2) is 11.0 Å². The second-order valence-corrected chi connectivity index (χ2v) is 5.42. The molecule has 3 heteroatoms. The Balaban J connectivity index is 1.96. The van der Waals surface area contributed by atoms with E-state index in [9.17, 15) is 0 Å². The molecule has 0 spiro atoms. The lowest BCUT2D eigenvalue weighted by atomic mass is 9.83. The maximum absolute atomic E-state index is 5.98. The number of nitrogens with two attached hydrogens (primary N) is 1. The van der Waals surface area contributed by atoms with Crippen molar-refractivity contribution in [1.82, 2.24) is 4.98 Å². The summed E-state index contributed by atoms with van der Waals surface area (Å²) in [7, 11) is 0. The molecule has 1 aliphatic rings. The maximum Gasteiger partial charge on any atom is 0.0410 e. The highest BCUT2D eigenvalue weighted by molar-refractivity contribution is 9.10. The molecule has 2 unspecified atom stereocenters. The van der Waals surface area contributed by atoms with Crippen molar-refractivity contribution in [3.63, 3.8) is 0 Å². The van der Waals surface area contributed by atoms with Gasteiger partial charge < -0.3 is 5.73 Å². The molecule has 2 rings (SSSR count). The molecule has 0 bridgehead atoms. The van der Waals surface area contributed by atoms with Crippen molar-refractivity contribution in [3.8, 4) is 0 Å². The van der Waals surface area contributed by atoms with Crippen LogP contribution in [0.4, 0.5) is 0 Å². The van der Waals surface area contributed by atoms with Gasteiger partial charge in [-0.15, -0.1) is 0 Å². The predicted molar refractivity (Wildman–Crippen MR) is 65.6 cm³/mol. The van der Waals surface area contributed by atoms with Gasteiger partial charge in [0, 0.05) is 22.9 Å². The summed E-state index contributed by atoms with van der Waals surface area (Å²) in [6, 6.07) is 2.58. The van der Waals surface area contributed by atoms with Crippen LogP contribution >= 0.6 is 15.9 Å². The van der Waals surface area contributed by atoms with E-state index in [0.29, 0.717) is 6.04 Å². The van der Waals surface area contributed by atoms with Crippen LogP contribution in [0.15, 0.2) is 22.9 Å². The Labute approximate surface area is 99.4 Å². The quantitative estimate of drug-likeness (QED) is 0.896. The van der Waals surface area contributed by atoms with E-state index in [1.165, 1.54) is 31.2 Å². The third-order valence-corrected chi connectivity index (χ3v) is 3.54. The Hall–Kier alpha value is -0.410. The lowest BCUT2D eigenvalue weighted by Crippen LogP contribution is -2.28. The molecule has 0 aliphatic heterocycles. The number of pyridine rings is 1. The van der Waals surface area contributed by atoms with Crippen molar-refractivity contribution in [1.29, 1.82) is 0 Å². The zero-order chi connectivity index (χ0) is 10.7. The summed E-state index contributed by atoms with van der Waals surface area (Å²) in [6.45, 7) is 0. The van der Waals surface area contributed by atoms with Crippen LogP contribution < -0.4 is 5.73 Å². The molecule has 82 valence electrons. The Bertz CT molecular complexity index is 327. The SMILES string of the molecule is NC1CCCC(Cc2cncc(Br)c2)C1. The molecule has 0 saturated heterocycles. The van der Waals surface area contributed by atoms with Crippen molar-refractivity contribution in [2.75, 3.05) is 0 Å². The van der Waals surface area contributed by atoms with Gasteiger partial charge in [0.1, 0.15) is 0 Å². The number of halogens is 1. The molecule has 1 heterocycles. The Morgan fingerprint density at radius 3 is 3.00 bits per heavy atom. The van der Waals surface area contributed by atoms with Gasteiger partial charge in [-0.1, -0.05) is 12.8 Å². The van der Waals surface area contributed by atoms with E-state index in [2.05, 4.69) is 27.0 Å². The molecule has 2 nitrogen and oxygen atoms in total. The first-order valence-corrected chi connectivity index (χ1v) is 6.38. The fourth-order valence-electron chi connectivity index (χ4n) is 2.42. The van der Waals surface area contributed by atoms with Crippen LogP contribution in [0.3, 0.4) is 0 Å². The van der Waals surface area contributed by atoms with Gasteiger partial charge in [-0.25, -0.2) is 0 Å². The molecule has 15 heavy (non-hydrogen) atoms. The highest BCUT2D eigenvalue weighted by atomic mass is 79.9. The van der Waals surface area contributed by atoms with Gasteiger partial charge in [0.15, 0.2) is 0 Å². The standard InChI is InChI=1S/C12H17BrN2/c13-11-5-10(7-15-8-11)4-9-2-1-3-12(14)6-9/h5,7-9,12H,1-4,6,14H2. The van der Waals surface area contributed by atoms with Gasteiger partial charge in [0.25, 0.3) is 0 Å². The number of hydrogen-bond donors (Lipinski definition) is 1. The molecule has 0 aromatic carbocycles. The van der Waals surface area contributed by atoms with E-state index in [1.807, 2.05) is 12.4 Å². The monoisotopic (exact) mass is 268 g/mol. The highest BCUT2D eigenvalue weighted by Gasteiger charge is 2.19. The number of nitrogens with zero attached hydrogens (tertiary/aromatic N) is 1. The van der Waals surface area contributed by atoms with Gasteiger partial charge in [-0.3, -0.25) is 4.98 Å². The average Bonchev–Trinajstić information content (AvgIpc) is 2.17. The van der Waals surface area contributed by atoms with Crippen molar-refractivity contribution in [2.24, 2.45) is 11.7 Å². The topological polar surface area (TPSA) is 38.9 Å². The van der Waals surface area contributed by atoms with Gasteiger partial charge in [0.2, 0.25) is 0 Å². The summed E-state index contributed by atoms with van der Waals surface area (Å²) in [5.74, 6) is 0.754. The normalized spacial score (nSPS) is 26.5. The van der Waals surface area contributed by atoms with Gasteiger partial charge in [0.05, 0.1) is 0 Å². The van der Waals surface area contributed by atoms with E-state index < -0.39 is 0 Å². The Morgan fingerprint density at radius 2 is 2.27 bits per heavy atom. The predicted octanol–water partition coefficient (Wildman–Crippen LogP) is 2.90. The molecule has 2 atom stereocenters.